The average molecular weight is 561 g/mol. The van der Waals surface area contributed by atoms with Crippen molar-refractivity contribution < 1.29 is 22.0 Å². The van der Waals surface area contributed by atoms with Gasteiger partial charge in [-0.3, -0.25) is 14.1 Å². The van der Waals surface area contributed by atoms with Crippen molar-refractivity contribution in [1.82, 2.24) is 14.8 Å². The summed E-state index contributed by atoms with van der Waals surface area (Å²) in [7, 11) is -2.45. The Hall–Kier alpha value is -4.18. The molecule has 0 N–H and O–H groups in total. The maximum atomic E-state index is 14.2. The topological polar surface area (TPSA) is 85.2 Å². The van der Waals surface area contributed by atoms with Crippen molar-refractivity contribution in [1.29, 1.82) is 0 Å². The summed E-state index contributed by atoms with van der Waals surface area (Å²) in [5.74, 6) is -1.04. The molecule has 0 saturated heterocycles. The summed E-state index contributed by atoms with van der Waals surface area (Å²) in [6, 6.07) is 16.4. The van der Waals surface area contributed by atoms with E-state index >= 15 is 0 Å². The highest BCUT2D eigenvalue weighted by atomic mass is 32.2. The van der Waals surface area contributed by atoms with E-state index in [9.17, 15) is 22.0 Å². The number of carbonyl (C=O) groups excluding carboxylic acids is 1. The van der Waals surface area contributed by atoms with Crippen LogP contribution >= 0.6 is 0 Å². The Morgan fingerprint density at radius 2 is 1.73 bits per heavy atom. The highest BCUT2D eigenvalue weighted by Crippen LogP contribution is 2.51. The second-order valence-electron chi connectivity index (χ2n) is 10.3. The van der Waals surface area contributed by atoms with Crippen LogP contribution in [-0.4, -0.2) is 41.3 Å². The molecule has 0 spiro atoms. The number of anilines is 1. The van der Waals surface area contributed by atoms with E-state index in [1.54, 1.807) is 47.4 Å². The summed E-state index contributed by atoms with van der Waals surface area (Å²) < 4.78 is 57.6. The molecule has 2 aromatic heterocycles. The Morgan fingerprint density at radius 1 is 1.02 bits per heavy atom. The van der Waals surface area contributed by atoms with E-state index < -0.39 is 26.5 Å². The number of Topliss-reactive ketones (excluding diaryl/α,β-unsaturated/α-hetero) is 1. The van der Waals surface area contributed by atoms with Gasteiger partial charge in [0.2, 0.25) is 10.0 Å². The van der Waals surface area contributed by atoms with Gasteiger partial charge in [-0.05, 0) is 98.0 Å². The molecule has 204 valence electrons. The van der Waals surface area contributed by atoms with Crippen LogP contribution in [0.5, 0.6) is 0 Å². The Morgan fingerprint density at radius 3 is 2.40 bits per heavy atom. The minimum absolute atomic E-state index is 0.0727. The average Bonchev–Trinajstić information content (AvgIpc) is 3.38. The molecule has 4 aromatic rings. The Labute approximate surface area is 230 Å². The molecule has 6 rings (SSSR count). The number of allylic oxidation sites excluding steroid dienone is 1. The SMILES string of the molecule is CN(c1ccc(F)cc1)S(=O)(=O)[C@H]1CCC2=Cc3c(cnn3-c3ccc(F)cc3)C[C@]2(C(=O)c2ccccn2)C1. The number of aromatic nitrogens is 3. The number of nitrogens with zero attached hydrogens (tertiary/aromatic N) is 4. The molecule has 1 fully saturated rings. The standard InChI is InChI=1S/C30H26F2N4O3S/c1-35(24-10-6-22(31)7-11-24)40(38,39)26-14-5-21-16-28-20(19-34-36(28)25-12-8-23(32)9-13-25)17-30(21,18-26)29(37)27-4-2-3-15-33-27/h2-4,6-13,15-16,19,26H,5,14,17-18H2,1H3/t26-,30-/m0/s1. The van der Waals surface area contributed by atoms with Crippen molar-refractivity contribution >= 4 is 27.6 Å². The summed E-state index contributed by atoms with van der Waals surface area (Å²) in [5.41, 5.74) is 2.58. The van der Waals surface area contributed by atoms with Gasteiger partial charge in [-0.25, -0.2) is 21.9 Å². The molecule has 2 heterocycles. The van der Waals surface area contributed by atoms with Crippen LogP contribution in [0.2, 0.25) is 0 Å². The number of sulfonamides is 1. The number of carbonyl (C=O) groups is 1. The van der Waals surface area contributed by atoms with Crippen LogP contribution in [0.3, 0.4) is 0 Å². The van der Waals surface area contributed by atoms with Gasteiger partial charge in [-0.2, -0.15) is 5.10 Å². The fourth-order valence-electron chi connectivity index (χ4n) is 5.87. The monoisotopic (exact) mass is 560 g/mol. The third-order valence-corrected chi connectivity index (χ3v) is 10.2. The van der Waals surface area contributed by atoms with E-state index in [1.807, 2.05) is 6.08 Å². The zero-order valence-electron chi connectivity index (χ0n) is 21.7. The summed E-state index contributed by atoms with van der Waals surface area (Å²) in [6.45, 7) is 0. The van der Waals surface area contributed by atoms with E-state index in [-0.39, 0.29) is 30.1 Å². The van der Waals surface area contributed by atoms with Crippen LogP contribution in [0.1, 0.15) is 41.0 Å². The molecule has 7 nitrogen and oxygen atoms in total. The highest BCUT2D eigenvalue weighted by molar-refractivity contribution is 7.93. The van der Waals surface area contributed by atoms with E-state index in [2.05, 4.69) is 10.1 Å². The summed E-state index contributed by atoms with van der Waals surface area (Å²) in [5, 5.41) is 3.68. The molecule has 0 amide bonds. The van der Waals surface area contributed by atoms with Crippen LogP contribution < -0.4 is 4.31 Å². The fraction of sp³-hybridized carbons (Fsp3) is 0.233. The van der Waals surface area contributed by atoms with Crippen LogP contribution in [-0.2, 0) is 16.4 Å². The predicted molar refractivity (Wildman–Crippen MR) is 148 cm³/mol. The fourth-order valence-corrected chi connectivity index (χ4v) is 7.64. The van der Waals surface area contributed by atoms with Crippen molar-refractivity contribution in [2.75, 3.05) is 11.4 Å². The quantitative estimate of drug-likeness (QED) is 0.296. The number of benzene rings is 2. The largest absolute Gasteiger partial charge is 0.291 e. The predicted octanol–water partition coefficient (Wildman–Crippen LogP) is 5.37. The lowest BCUT2D eigenvalue weighted by atomic mass is 9.61. The van der Waals surface area contributed by atoms with Gasteiger partial charge < -0.3 is 0 Å². The molecule has 0 aliphatic heterocycles. The molecule has 40 heavy (non-hydrogen) atoms. The second kappa shape index (κ2) is 9.78. The van der Waals surface area contributed by atoms with Gasteiger partial charge in [-0.15, -0.1) is 0 Å². The van der Waals surface area contributed by atoms with Crippen molar-refractivity contribution in [2.45, 2.75) is 30.9 Å². The third-order valence-electron chi connectivity index (χ3n) is 8.01. The van der Waals surface area contributed by atoms with E-state index in [0.717, 1.165) is 16.8 Å². The molecule has 2 aliphatic rings. The minimum Gasteiger partial charge on any atom is -0.291 e. The molecule has 0 radical (unpaired) electrons. The molecule has 2 atom stereocenters. The first-order chi connectivity index (χ1) is 19.2. The van der Waals surface area contributed by atoms with Crippen LogP contribution in [0.25, 0.3) is 11.8 Å². The lowest BCUT2D eigenvalue weighted by Crippen LogP contribution is -2.48. The lowest BCUT2D eigenvalue weighted by Gasteiger charge is -2.44. The summed E-state index contributed by atoms with van der Waals surface area (Å²) >= 11 is 0. The van der Waals surface area contributed by atoms with Crippen LogP contribution in [0.4, 0.5) is 14.5 Å². The molecular formula is C30H26F2N4O3S. The second-order valence-corrected chi connectivity index (χ2v) is 12.5. The van der Waals surface area contributed by atoms with Gasteiger partial charge in [0.05, 0.1) is 33.9 Å². The third kappa shape index (κ3) is 4.32. The number of hydrogen-bond acceptors (Lipinski definition) is 5. The van der Waals surface area contributed by atoms with E-state index in [4.69, 9.17) is 0 Å². The van der Waals surface area contributed by atoms with Gasteiger partial charge in [0.15, 0.2) is 5.78 Å². The first-order valence-electron chi connectivity index (χ1n) is 12.9. The molecule has 0 bridgehead atoms. The zero-order valence-corrected chi connectivity index (χ0v) is 22.5. The Balaban J connectivity index is 1.42. The summed E-state index contributed by atoms with van der Waals surface area (Å²) in [4.78, 5) is 18.5. The molecule has 10 heteroatoms. The molecule has 1 saturated carbocycles. The summed E-state index contributed by atoms with van der Waals surface area (Å²) in [6.07, 6.45) is 6.20. The van der Waals surface area contributed by atoms with Crippen molar-refractivity contribution in [3.05, 3.63) is 113 Å². The molecule has 0 unspecified atom stereocenters. The first-order valence-corrected chi connectivity index (χ1v) is 14.4. The van der Waals surface area contributed by atoms with Gasteiger partial charge in [0.25, 0.3) is 0 Å². The molecule has 2 aliphatic carbocycles. The van der Waals surface area contributed by atoms with E-state index in [1.165, 1.54) is 47.8 Å². The minimum atomic E-state index is -3.90. The normalized spacial score (nSPS) is 20.3. The van der Waals surface area contributed by atoms with Gasteiger partial charge in [0.1, 0.15) is 17.3 Å². The number of rotatable bonds is 6. The van der Waals surface area contributed by atoms with Gasteiger partial charge in [-0.1, -0.05) is 11.6 Å². The molecular weight excluding hydrogens is 534 g/mol. The number of fused-ring (bicyclic) bond motifs is 2. The van der Waals surface area contributed by atoms with Gasteiger partial charge >= 0.3 is 0 Å². The number of halogens is 2. The Bertz CT molecular complexity index is 1720. The maximum absolute atomic E-state index is 14.2. The smallest absolute Gasteiger partial charge is 0.237 e. The van der Waals surface area contributed by atoms with E-state index in [0.29, 0.717) is 24.2 Å². The highest BCUT2D eigenvalue weighted by Gasteiger charge is 2.52. The molecule has 2 aromatic carbocycles. The maximum Gasteiger partial charge on any atom is 0.237 e. The number of pyridine rings is 1. The van der Waals surface area contributed by atoms with Gasteiger partial charge in [0, 0.05) is 13.2 Å². The van der Waals surface area contributed by atoms with Crippen molar-refractivity contribution in [3.8, 4) is 5.69 Å². The first kappa shape index (κ1) is 26.1. The van der Waals surface area contributed by atoms with Crippen LogP contribution in [0.15, 0.2) is 84.7 Å². The van der Waals surface area contributed by atoms with Crippen molar-refractivity contribution in [3.63, 3.8) is 0 Å². The Kier molecular flexibility index (Phi) is 6.37. The number of ketones is 1. The zero-order chi connectivity index (χ0) is 28.1. The lowest BCUT2D eigenvalue weighted by molar-refractivity contribution is 0.0796. The van der Waals surface area contributed by atoms with Crippen LogP contribution in [0, 0.1) is 17.0 Å². The van der Waals surface area contributed by atoms with Crippen molar-refractivity contribution in [2.24, 2.45) is 5.41 Å². The number of hydrogen-bond donors (Lipinski definition) is 0.